The van der Waals surface area contributed by atoms with Gasteiger partial charge in [-0.2, -0.15) is 0 Å². The average Bonchev–Trinajstić information content (AvgIpc) is 2.24. The molecule has 0 aliphatic carbocycles. The molecule has 0 bridgehead atoms. The molecule has 5 nitrogen and oxygen atoms in total. The van der Waals surface area contributed by atoms with Crippen molar-refractivity contribution in [2.24, 2.45) is 5.14 Å². The molecule has 3 N–H and O–H groups in total. The zero-order valence-corrected chi connectivity index (χ0v) is 11.3. The van der Waals surface area contributed by atoms with Gasteiger partial charge < -0.3 is 5.32 Å². The molecule has 0 saturated carbocycles. The van der Waals surface area contributed by atoms with E-state index < -0.39 is 10.0 Å². The fourth-order valence-corrected chi connectivity index (χ4v) is 2.00. The van der Waals surface area contributed by atoms with Gasteiger partial charge in [0.1, 0.15) is 0 Å². The summed E-state index contributed by atoms with van der Waals surface area (Å²) in [7, 11) is -3.76. The number of benzene rings is 1. The number of aryl methyl sites for hydroxylation is 1. The summed E-state index contributed by atoms with van der Waals surface area (Å²) >= 11 is 5.53. The Hall–Kier alpha value is -1.37. The number of amides is 1. The lowest BCUT2D eigenvalue weighted by Gasteiger charge is -2.08. The first-order chi connectivity index (χ1) is 8.21. The van der Waals surface area contributed by atoms with E-state index in [1.165, 1.54) is 18.2 Å². The summed E-state index contributed by atoms with van der Waals surface area (Å²) in [4.78, 5) is 11.7. The van der Waals surface area contributed by atoms with Crippen molar-refractivity contribution in [2.75, 3.05) is 6.54 Å². The van der Waals surface area contributed by atoms with Gasteiger partial charge in [-0.3, -0.25) is 4.79 Å². The fourth-order valence-electron chi connectivity index (χ4n) is 1.34. The van der Waals surface area contributed by atoms with Gasteiger partial charge in [0.2, 0.25) is 10.0 Å². The lowest BCUT2D eigenvalue weighted by molar-refractivity contribution is 0.0957. The van der Waals surface area contributed by atoms with E-state index in [1.807, 2.05) is 0 Å². The Morgan fingerprint density at radius 3 is 2.56 bits per heavy atom. The molecule has 0 radical (unpaired) electrons. The molecule has 0 spiro atoms. The van der Waals surface area contributed by atoms with E-state index in [9.17, 15) is 13.2 Å². The molecule has 1 aromatic rings. The summed E-state index contributed by atoms with van der Waals surface area (Å²) in [6.07, 6.45) is 0. The third-order valence-electron chi connectivity index (χ3n) is 2.21. The number of carbonyl (C=O) groups excluding carboxylic acids is 1. The number of halogens is 1. The van der Waals surface area contributed by atoms with Gasteiger partial charge in [-0.1, -0.05) is 18.2 Å². The number of rotatable bonds is 4. The van der Waals surface area contributed by atoms with Crippen molar-refractivity contribution in [3.05, 3.63) is 40.9 Å². The lowest BCUT2D eigenvalue weighted by Crippen LogP contribution is -2.25. The van der Waals surface area contributed by atoms with Crippen LogP contribution in [-0.4, -0.2) is 20.9 Å². The Balaban J connectivity index is 2.99. The van der Waals surface area contributed by atoms with Crippen LogP contribution in [0, 0.1) is 6.92 Å². The smallest absolute Gasteiger partial charge is 0.251 e. The molecular formula is C11H13ClN2O3S. The van der Waals surface area contributed by atoms with Gasteiger partial charge in [0, 0.05) is 10.6 Å². The second kappa shape index (κ2) is 5.51. The van der Waals surface area contributed by atoms with E-state index in [0.29, 0.717) is 16.2 Å². The van der Waals surface area contributed by atoms with Gasteiger partial charge in [0.05, 0.1) is 11.4 Å². The molecule has 0 atom stereocenters. The maximum atomic E-state index is 11.7. The van der Waals surface area contributed by atoms with Crippen molar-refractivity contribution in [1.82, 2.24) is 5.32 Å². The highest BCUT2D eigenvalue weighted by atomic mass is 35.5. The molecule has 1 rings (SSSR count). The zero-order valence-electron chi connectivity index (χ0n) is 9.73. The molecule has 1 amide bonds. The van der Waals surface area contributed by atoms with Gasteiger partial charge >= 0.3 is 0 Å². The predicted molar refractivity (Wildman–Crippen MR) is 69.9 cm³/mol. The summed E-state index contributed by atoms with van der Waals surface area (Å²) in [6.45, 7) is 5.22. The van der Waals surface area contributed by atoms with Gasteiger partial charge in [0.15, 0.2) is 0 Å². The van der Waals surface area contributed by atoms with Gasteiger partial charge in [-0.25, -0.2) is 13.6 Å². The highest BCUT2D eigenvalue weighted by Gasteiger charge is 2.13. The topological polar surface area (TPSA) is 89.3 Å². The van der Waals surface area contributed by atoms with Gasteiger partial charge in [-0.15, -0.1) is 0 Å². The molecule has 7 heteroatoms. The maximum absolute atomic E-state index is 11.7. The van der Waals surface area contributed by atoms with Crippen molar-refractivity contribution in [2.45, 2.75) is 11.8 Å². The molecule has 1 aromatic carbocycles. The third kappa shape index (κ3) is 3.83. The summed E-state index contributed by atoms with van der Waals surface area (Å²) in [5.41, 5.74) is 0.875. The minimum atomic E-state index is -3.76. The van der Waals surface area contributed by atoms with Crippen LogP contribution >= 0.6 is 11.6 Å². The molecule has 18 heavy (non-hydrogen) atoms. The summed E-state index contributed by atoms with van der Waals surface area (Å²) in [5.74, 6) is -0.352. The SMILES string of the molecule is C=C(Cl)CNC(=O)c1ccc(S(N)(=O)=O)cc1C. The van der Waals surface area contributed by atoms with Crippen LogP contribution in [-0.2, 0) is 10.0 Å². The van der Waals surface area contributed by atoms with Crippen molar-refractivity contribution < 1.29 is 13.2 Å². The van der Waals surface area contributed by atoms with Crippen LogP contribution in [0.4, 0.5) is 0 Å². The largest absolute Gasteiger partial charge is 0.347 e. The van der Waals surface area contributed by atoms with Gasteiger partial charge in [0.25, 0.3) is 5.91 Å². The Morgan fingerprint density at radius 1 is 1.50 bits per heavy atom. The third-order valence-corrected chi connectivity index (χ3v) is 3.26. The van der Waals surface area contributed by atoms with E-state index in [-0.39, 0.29) is 17.3 Å². The monoisotopic (exact) mass is 288 g/mol. The highest BCUT2D eigenvalue weighted by Crippen LogP contribution is 2.14. The summed E-state index contributed by atoms with van der Waals surface area (Å²) in [5, 5.41) is 7.85. The Kier molecular flexibility index (Phi) is 4.50. The van der Waals surface area contributed by atoms with Crippen molar-refractivity contribution in [1.29, 1.82) is 0 Å². The van der Waals surface area contributed by atoms with E-state index in [2.05, 4.69) is 11.9 Å². The van der Waals surface area contributed by atoms with E-state index >= 15 is 0 Å². The minimum absolute atomic E-state index is 0.0293. The molecular weight excluding hydrogens is 276 g/mol. The second-order valence-corrected chi connectivity index (χ2v) is 5.82. The predicted octanol–water partition coefficient (Wildman–Crippen LogP) is 1.12. The number of sulfonamides is 1. The van der Waals surface area contributed by atoms with Crippen LogP contribution in [0.5, 0.6) is 0 Å². The summed E-state index contributed by atoms with van der Waals surface area (Å²) < 4.78 is 22.3. The summed E-state index contributed by atoms with van der Waals surface area (Å²) in [6, 6.07) is 4.04. The Bertz CT molecular complexity index is 596. The molecule has 0 aliphatic rings. The second-order valence-electron chi connectivity index (χ2n) is 3.72. The molecule has 0 fully saturated rings. The molecule has 0 unspecified atom stereocenters. The number of nitrogens with two attached hydrogens (primary N) is 1. The Labute approximate surface area is 111 Å². The number of primary sulfonamides is 1. The number of hydrogen-bond acceptors (Lipinski definition) is 3. The van der Waals surface area contributed by atoms with E-state index in [4.69, 9.17) is 16.7 Å². The molecule has 0 saturated heterocycles. The Morgan fingerprint density at radius 2 is 2.11 bits per heavy atom. The first-order valence-electron chi connectivity index (χ1n) is 4.96. The number of hydrogen-bond donors (Lipinski definition) is 2. The quantitative estimate of drug-likeness (QED) is 0.870. The van der Waals surface area contributed by atoms with Crippen LogP contribution < -0.4 is 10.5 Å². The number of nitrogens with one attached hydrogen (secondary N) is 1. The maximum Gasteiger partial charge on any atom is 0.251 e. The van der Waals surface area contributed by atoms with Crippen molar-refractivity contribution >= 4 is 27.5 Å². The molecule has 0 heterocycles. The van der Waals surface area contributed by atoms with Crippen molar-refractivity contribution in [3.63, 3.8) is 0 Å². The molecule has 0 aliphatic heterocycles. The minimum Gasteiger partial charge on any atom is -0.347 e. The highest BCUT2D eigenvalue weighted by molar-refractivity contribution is 7.89. The lowest BCUT2D eigenvalue weighted by atomic mass is 10.1. The zero-order chi connectivity index (χ0) is 13.9. The van der Waals surface area contributed by atoms with E-state index in [1.54, 1.807) is 6.92 Å². The van der Waals surface area contributed by atoms with Crippen LogP contribution in [0.2, 0.25) is 0 Å². The normalized spacial score (nSPS) is 11.1. The number of carbonyl (C=O) groups is 1. The molecule has 0 aromatic heterocycles. The first kappa shape index (κ1) is 14.7. The standard InChI is InChI=1S/C11H13ClN2O3S/c1-7-5-9(18(13,16)17)3-4-10(7)11(15)14-6-8(2)12/h3-5H,2,6H2,1H3,(H,14,15)(H2,13,16,17). The van der Waals surface area contributed by atoms with Gasteiger partial charge in [-0.05, 0) is 30.7 Å². The molecule has 98 valence electrons. The van der Waals surface area contributed by atoms with Crippen LogP contribution in [0.25, 0.3) is 0 Å². The van der Waals surface area contributed by atoms with Crippen molar-refractivity contribution in [3.8, 4) is 0 Å². The van der Waals surface area contributed by atoms with E-state index in [0.717, 1.165) is 0 Å². The van der Waals surface area contributed by atoms with Crippen LogP contribution in [0.3, 0.4) is 0 Å². The first-order valence-corrected chi connectivity index (χ1v) is 6.89. The van der Waals surface area contributed by atoms with Crippen LogP contribution in [0.1, 0.15) is 15.9 Å². The van der Waals surface area contributed by atoms with Crippen LogP contribution in [0.15, 0.2) is 34.7 Å². The average molecular weight is 289 g/mol. The fraction of sp³-hybridized carbons (Fsp3) is 0.182.